The molecule has 0 radical (unpaired) electrons. The maximum Gasteiger partial charge on any atom is 0.154 e. The van der Waals surface area contributed by atoms with Gasteiger partial charge < -0.3 is 0 Å². The summed E-state index contributed by atoms with van der Waals surface area (Å²) >= 11 is 0. The van der Waals surface area contributed by atoms with E-state index in [1.165, 1.54) is 0 Å². The number of rotatable bonds is 6. The smallest absolute Gasteiger partial charge is 0.154 e. The molecule has 18 heavy (non-hydrogen) atoms. The van der Waals surface area contributed by atoms with Crippen LogP contribution < -0.4 is 0 Å². The first-order chi connectivity index (χ1) is 8.48. The van der Waals surface area contributed by atoms with Gasteiger partial charge in [-0.15, -0.1) is 0 Å². The van der Waals surface area contributed by atoms with Gasteiger partial charge in [0.2, 0.25) is 0 Å². The number of nitriles is 1. The molecule has 0 N–H and O–H groups in total. The molecule has 0 spiro atoms. The second-order valence-corrected chi connectivity index (χ2v) is 6.74. The molecule has 1 rings (SSSR count). The van der Waals surface area contributed by atoms with Crippen LogP contribution in [0.25, 0.3) is 0 Å². The van der Waals surface area contributed by atoms with Crippen molar-refractivity contribution in [3.05, 3.63) is 34.9 Å². The van der Waals surface area contributed by atoms with Crippen LogP contribution in [0.3, 0.4) is 0 Å². The first-order valence-corrected chi connectivity index (χ1v) is 8.00. The van der Waals surface area contributed by atoms with Gasteiger partial charge in [-0.2, -0.15) is 5.26 Å². The van der Waals surface area contributed by atoms with E-state index in [4.69, 9.17) is 5.26 Å². The van der Waals surface area contributed by atoms with E-state index in [9.17, 15) is 8.42 Å². The molecule has 3 nitrogen and oxygen atoms in total. The monoisotopic (exact) mass is 265 g/mol. The second kappa shape index (κ2) is 6.55. The number of hydrogen-bond acceptors (Lipinski definition) is 3. The number of sulfone groups is 1. The molecule has 0 aromatic heterocycles. The van der Waals surface area contributed by atoms with Gasteiger partial charge in [0, 0.05) is 0 Å². The molecular formula is C14H19NO2S. The standard InChI is InChI=1S/C14H19NO2S/c1-3-4-5-8-18(16,17)11-14-7-6-13(10-15)9-12(14)2/h6-7,9H,3-5,8,11H2,1-2H3. The minimum absolute atomic E-state index is 0.0776. The Morgan fingerprint density at radius 2 is 2.00 bits per heavy atom. The van der Waals surface area contributed by atoms with E-state index in [2.05, 4.69) is 13.0 Å². The van der Waals surface area contributed by atoms with Gasteiger partial charge in [-0.1, -0.05) is 25.8 Å². The molecule has 0 amide bonds. The van der Waals surface area contributed by atoms with E-state index in [1.807, 2.05) is 6.92 Å². The topological polar surface area (TPSA) is 57.9 Å². The summed E-state index contributed by atoms with van der Waals surface area (Å²) in [6.45, 7) is 3.90. The quantitative estimate of drug-likeness (QED) is 0.743. The van der Waals surface area contributed by atoms with Gasteiger partial charge in [0.25, 0.3) is 0 Å². The molecule has 4 heteroatoms. The molecule has 0 aliphatic carbocycles. The Morgan fingerprint density at radius 1 is 1.28 bits per heavy atom. The van der Waals surface area contributed by atoms with Crippen molar-refractivity contribution >= 4 is 9.84 Å². The highest BCUT2D eigenvalue weighted by Crippen LogP contribution is 2.15. The molecule has 0 aliphatic rings. The average molecular weight is 265 g/mol. The molecule has 0 bridgehead atoms. The lowest BCUT2D eigenvalue weighted by Crippen LogP contribution is -2.10. The lowest BCUT2D eigenvalue weighted by molar-refractivity contribution is 0.590. The van der Waals surface area contributed by atoms with Crippen LogP contribution >= 0.6 is 0 Å². The van der Waals surface area contributed by atoms with E-state index in [0.717, 1.165) is 30.4 Å². The predicted octanol–water partition coefficient (Wildman–Crippen LogP) is 2.97. The Kier molecular flexibility index (Phi) is 5.36. The van der Waals surface area contributed by atoms with Crippen LogP contribution in [0.5, 0.6) is 0 Å². The van der Waals surface area contributed by atoms with Crippen LogP contribution in [-0.2, 0) is 15.6 Å². The summed E-state index contributed by atoms with van der Waals surface area (Å²) in [5, 5.41) is 8.76. The van der Waals surface area contributed by atoms with Crippen LogP contribution in [0.1, 0.15) is 42.9 Å². The number of benzene rings is 1. The number of aryl methyl sites for hydroxylation is 1. The number of hydrogen-bond donors (Lipinski definition) is 0. The summed E-state index contributed by atoms with van der Waals surface area (Å²) in [5.41, 5.74) is 2.23. The van der Waals surface area contributed by atoms with Crippen molar-refractivity contribution in [2.45, 2.75) is 38.9 Å². The molecule has 98 valence electrons. The molecule has 0 atom stereocenters. The summed E-state index contributed by atoms with van der Waals surface area (Å²) in [6.07, 6.45) is 2.70. The summed E-state index contributed by atoms with van der Waals surface area (Å²) < 4.78 is 23.8. The fraction of sp³-hybridized carbons (Fsp3) is 0.500. The number of nitrogens with zero attached hydrogens (tertiary/aromatic N) is 1. The molecule has 0 aliphatic heterocycles. The van der Waals surface area contributed by atoms with Gasteiger partial charge in [-0.05, 0) is 36.6 Å². The Hall–Kier alpha value is -1.34. The zero-order chi connectivity index (χ0) is 13.6. The van der Waals surface area contributed by atoms with E-state index in [-0.39, 0.29) is 11.5 Å². The lowest BCUT2D eigenvalue weighted by atomic mass is 10.1. The lowest BCUT2D eigenvalue weighted by Gasteiger charge is -2.07. The van der Waals surface area contributed by atoms with Gasteiger partial charge in [0.1, 0.15) is 0 Å². The van der Waals surface area contributed by atoms with Crippen LogP contribution in [-0.4, -0.2) is 14.2 Å². The largest absolute Gasteiger partial charge is 0.228 e. The van der Waals surface area contributed by atoms with Gasteiger partial charge in [0.15, 0.2) is 9.84 Å². The third-order valence-electron chi connectivity index (χ3n) is 2.91. The zero-order valence-electron chi connectivity index (χ0n) is 10.9. The normalized spacial score (nSPS) is 11.2. The first kappa shape index (κ1) is 14.7. The molecule has 0 saturated carbocycles. The summed E-state index contributed by atoms with van der Waals surface area (Å²) in [5.74, 6) is 0.328. The third kappa shape index (κ3) is 4.50. The predicted molar refractivity (Wildman–Crippen MR) is 72.9 cm³/mol. The molecule has 0 saturated heterocycles. The van der Waals surface area contributed by atoms with Crippen LogP contribution in [0.4, 0.5) is 0 Å². The Balaban J connectivity index is 2.75. The average Bonchev–Trinajstić information content (AvgIpc) is 2.31. The maximum atomic E-state index is 11.9. The SMILES string of the molecule is CCCCCS(=O)(=O)Cc1ccc(C#N)cc1C. The fourth-order valence-corrected chi connectivity index (χ4v) is 3.39. The Bertz CT molecular complexity index is 541. The highest BCUT2D eigenvalue weighted by Gasteiger charge is 2.13. The zero-order valence-corrected chi connectivity index (χ0v) is 11.8. The maximum absolute atomic E-state index is 11.9. The van der Waals surface area contributed by atoms with Gasteiger partial charge in [0.05, 0.1) is 23.1 Å². The third-order valence-corrected chi connectivity index (χ3v) is 4.57. The number of unbranched alkanes of at least 4 members (excludes halogenated alkanes) is 2. The summed E-state index contributed by atoms with van der Waals surface area (Å²) in [4.78, 5) is 0. The van der Waals surface area contributed by atoms with Crippen molar-refractivity contribution < 1.29 is 8.42 Å². The second-order valence-electron chi connectivity index (χ2n) is 4.55. The highest BCUT2D eigenvalue weighted by molar-refractivity contribution is 7.90. The van der Waals surface area contributed by atoms with Crippen molar-refractivity contribution in [1.82, 2.24) is 0 Å². The van der Waals surface area contributed by atoms with Crippen molar-refractivity contribution in [3.63, 3.8) is 0 Å². The molecule has 1 aromatic carbocycles. The van der Waals surface area contributed by atoms with Crippen LogP contribution in [0.2, 0.25) is 0 Å². The van der Waals surface area contributed by atoms with Crippen molar-refractivity contribution in [2.75, 3.05) is 5.75 Å². The fourth-order valence-electron chi connectivity index (χ4n) is 1.81. The van der Waals surface area contributed by atoms with Crippen molar-refractivity contribution in [3.8, 4) is 6.07 Å². The van der Waals surface area contributed by atoms with Crippen molar-refractivity contribution in [2.24, 2.45) is 0 Å². The Morgan fingerprint density at radius 3 is 2.56 bits per heavy atom. The van der Waals surface area contributed by atoms with E-state index in [0.29, 0.717) is 5.56 Å². The summed E-state index contributed by atoms with van der Waals surface area (Å²) in [6, 6.07) is 7.20. The van der Waals surface area contributed by atoms with Gasteiger partial charge >= 0.3 is 0 Å². The van der Waals surface area contributed by atoms with E-state index >= 15 is 0 Å². The molecule has 0 fully saturated rings. The molecule has 0 heterocycles. The minimum Gasteiger partial charge on any atom is -0.228 e. The minimum atomic E-state index is -3.03. The molecular weight excluding hydrogens is 246 g/mol. The molecule has 1 aromatic rings. The van der Waals surface area contributed by atoms with Gasteiger partial charge in [-0.3, -0.25) is 0 Å². The summed E-state index contributed by atoms with van der Waals surface area (Å²) in [7, 11) is -3.03. The molecule has 0 unspecified atom stereocenters. The highest BCUT2D eigenvalue weighted by atomic mass is 32.2. The van der Waals surface area contributed by atoms with Gasteiger partial charge in [-0.25, -0.2) is 8.42 Å². The van der Waals surface area contributed by atoms with Crippen LogP contribution in [0.15, 0.2) is 18.2 Å². The van der Waals surface area contributed by atoms with E-state index < -0.39 is 9.84 Å². The van der Waals surface area contributed by atoms with Crippen molar-refractivity contribution in [1.29, 1.82) is 5.26 Å². The first-order valence-electron chi connectivity index (χ1n) is 6.18. The Labute approximate surface area is 109 Å². The van der Waals surface area contributed by atoms with Crippen LogP contribution in [0, 0.1) is 18.3 Å². The van der Waals surface area contributed by atoms with E-state index in [1.54, 1.807) is 18.2 Å².